The third-order valence-corrected chi connectivity index (χ3v) is 3.50. The zero-order chi connectivity index (χ0) is 10.6. The summed E-state index contributed by atoms with van der Waals surface area (Å²) in [6.45, 7) is 1.78. The first-order chi connectivity index (χ1) is 7.09. The van der Waals surface area contributed by atoms with Gasteiger partial charge in [0.15, 0.2) is 11.7 Å². The van der Waals surface area contributed by atoms with E-state index in [1.807, 2.05) is 12.2 Å². The van der Waals surface area contributed by atoms with E-state index >= 15 is 0 Å². The van der Waals surface area contributed by atoms with Crippen molar-refractivity contribution in [1.29, 1.82) is 0 Å². The molecule has 1 heterocycles. The summed E-state index contributed by atoms with van der Waals surface area (Å²) in [6, 6.07) is 0. The van der Waals surface area contributed by atoms with Gasteiger partial charge in [0.1, 0.15) is 0 Å². The molecule has 5 heteroatoms. The molecule has 2 aliphatic carbocycles. The summed E-state index contributed by atoms with van der Waals surface area (Å²) in [5.41, 5.74) is -0.761. The van der Waals surface area contributed by atoms with Gasteiger partial charge in [-0.3, -0.25) is 0 Å². The maximum absolute atomic E-state index is 11.1. The quantitative estimate of drug-likeness (QED) is 0.345. The van der Waals surface area contributed by atoms with E-state index in [-0.39, 0.29) is 11.8 Å². The first-order valence-corrected chi connectivity index (χ1v) is 4.89. The van der Waals surface area contributed by atoms with Crippen LogP contribution >= 0.6 is 0 Å². The smallest absolute Gasteiger partial charge is 0.426 e. The van der Waals surface area contributed by atoms with E-state index < -0.39 is 24.0 Å². The lowest BCUT2D eigenvalue weighted by molar-refractivity contribution is -0.0647. The predicted octanol–water partition coefficient (Wildman–Crippen LogP) is 1.62. The van der Waals surface area contributed by atoms with Crippen molar-refractivity contribution in [1.82, 2.24) is 0 Å². The molecule has 0 spiro atoms. The number of rotatable bonds is 0. The van der Waals surface area contributed by atoms with E-state index in [0.717, 1.165) is 6.42 Å². The van der Waals surface area contributed by atoms with Gasteiger partial charge >= 0.3 is 12.3 Å². The maximum atomic E-state index is 11.1. The van der Waals surface area contributed by atoms with Crippen LogP contribution in [0.5, 0.6) is 0 Å². The number of hydrogen-bond donors (Lipinski definition) is 0. The Kier molecular flexibility index (Phi) is 1.48. The minimum atomic E-state index is -0.967. The van der Waals surface area contributed by atoms with Gasteiger partial charge in [-0.2, -0.15) is 0 Å². The van der Waals surface area contributed by atoms with Crippen molar-refractivity contribution in [2.75, 3.05) is 0 Å². The maximum Gasteiger partial charge on any atom is 0.519 e. The normalized spacial score (nSPS) is 46.6. The van der Waals surface area contributed by atoms with E-state index in [2.05, 4.69) is 4.74 Å². The van der Waals surface area contributed by atoms with Gasteiger partial charge in [0, 0.05) is 11.8 Å². The predicted molar refractivity (Wildman–Crippen MR) is 47.0 cm³/mol. The minimum absolute atomic E-state index is 0.117. The summed E-state index contributed by atoms with van der Waals surface area (Å²) in [7, 11) is 0. The van der Waals surface area contributed by atoms with Crippen LogP contribution in [0.25, 0.3) is 0 Å². The Bertz CT molecular complexity index is 374. The molecule has 0 aromatic rings. The molecular weight excluding hydrogens is 200 g/mol. The Morgan fingerprint density at radius 3 is 2.93 bits per heavy atom. The Morgan fingerprint density at radius 2 is 2.13 bits per heavy atom. The molecule has 4 atom stereocenters. The molecule has 1 saturated heterocycles. The first-order valence-electron chi connectivity index (χ1n) is 4.89. The fourth-order valence-electron chi connectivity index (χ4n) is 2.75. The molecule has 1 saturated carbocycles. The monoisotopic (exact) mass is 210 g/mol. The standard InChI is InChI=1S/C10H10O5/c1-10-6-3-2-5(4-6)7(10)13-8(11)14-9(12)15-10/h2-3,5-7H,4H2,1H3. The number of carbonyl (C=O) groups is 2. The lowest BCUT2D eigenvalue weighted by Crippen LogP contribution is -2.46. The third kappa shape index (κ3) is 1.03. The van der Waals surface area contributed by atoms with Crippen LogP contribution in [0.1, 0.15) is 13.3 Å². The van der Waals surface area contributed by atoms with Crippen LogP contribution in [0.2, 0.25) is 0 Å². The highest BCUT2D eigenvalue weighted by Crippen LogP contribution is 2.50. The molecule has 0 N–H and O–H groups in total. The van der Waals surface area contributed by atoms with Crippen LogP contribution in [-0.2, 0) is 14.2 Å². The van der Waals surface area contributed by atoms with E-state index in [0.29, 0.717) is 0 Å². The highest BCUT2D eigenvalue weighted by atomic mass is 16.8. The number of carbonyl (C=O) groups excluding carboxylic acids is 2. The highest BCUT2D eigenvalue weighted by Gasteiger charge is 2.60. The summed E-state index contributed by atoms with van der Waals surface area (Å²) in [6.07, 6.45) is 2.53. The Balaban J connectivity index is 2.01. The van der Waals surface area contributed by atoms with Gasteiger partial charge in [0.2, 0.25) is 0 Å². The van der Waals surface area contributed by atoms with Crippen molar-refractivity contribution in [3.63, 3.8) is 0 Å². The first kappa shape index (κ1) is 8.76. The van der Waals surface area contributed by atoms with Crippen molar-refractivity contribution in [2.45, 2.75) is 25.0 Å². The molecular formula is C10H10O5. The molecule has 1 aliphatic heterocycles. The number of ether oxygens (including phenoxy) is 3. The van der Waals surface area contributed by atoms with Crippen molar-refractivity contribution in [2.24, 2.45) is 11.8 Å². The molecule has 0 aromatic heterocycles. The van der Waals surface area contributed by atoms with Gasteiger partial charge in [-0.15, -0.1) is 0 Å². The van der Waals surface area contributed by atoms with Crippen molar-refractivity contribution in [3.05, 3.63) is 12.2 Å². The summed E-state index contributed by atoms with van der Waals surface area (Å²) in [5, 5.41) is 0. The molecule has 0 amide bonds. The summed E-state index contributed by atoms with van der Waals surface area (Å²) in [5.74, 6) is 0.254. The Hall–Kier alpha value is -1.52. The second-order valence-corrected chi connectivity index (χ2v) is 4.32. The molecule has 3 rings (SSSR count). The second-order valence-electron chi connectivity index (χ2n) is 4.32. The van der Waals surface area contributed by atoms with Crippen LogP contribution in [0.4, 0.5) is 9.59 Å². The van der Waals surface area contributed by atoms with Gasteiger partial charge in [-0.05, 0) is 13.3 Å². The van der Waals surface area contributed by atoms with Crippen LogP contribution in [-0.4, -0.2) is 24.0 Å². The van der Waals surface area contributed by atoms with Crippen LogP contribution in [0, 0.1) is 11.8 Å². The zero-order valence-electron chi connectivity index (χ0n) is 8.14. The van der Waals surface area contributed by atoms with Crippen LogP contribution in [0.3, 0.4) is 0 Å². The minimum Gasteiger partial charge on any atom is -0.426 e. The Morgan fingerprint density at radius 1 is 1.33 bits per heavy atom. The number of cyclic esters (lactones) is 2. The molecule has 0 aromatic carbocycles. The SMILES string of the molecule is CC12OC(=O)OC(=O)OC1C1C=CC2C1. The van der Waals surface area contributed by atoms with Gasteiger partial charge in [0.05, 0.1) is 0 Å². The average molecular weight is 210 g/mol. The molecule has 15 heavy (non-hydrogen) atoms. The Labute approximate surface area is 86.0 Å². The highest BCUT2D eigenvalue weighted by molar-refractivity contribution is 5.78. The number of fused-ring (bicyclic) bond motifs is 5. The average Bonchev–Trinajstić information content (AvgIpc) is 2.65. The van der Waals surface area contributed by atoms with E-state index in [1.54, 1.807) is 6.92 Å². The van der Waals surface area contributed by atoms with E-state index in [4.69, 9.17) is 9.47 Å². The molecule has 3 aliphatic rings. The summed E-state index contributed by atoms with van der Waals surface area (Å²) < 4.78 is 14.5. The lowest BCUT2D eigenvalue weighted by atomic mass is 9.87. The van der Waals surface area contributed by atoms with Crippen LogP contribution < -0.4 is 0 Å². The largest absolute Gasteiger partial charge is 0.519 e. The van der Waals surface area contributed by atoms with E-state index in [1.165, 1.54) is 0 Å². The van der Waals surface area contributed by atoms with Gasteiger partial charge < -0.3 is 14.2 Å². The molecule has 5 nitrogen and oxygen atoms in total. The summed E-state index contributed by atoms with van der Waals surface area (Å²) >= 11 is 0. The molecule has 2 bridgehead atoms. The molecule has 4 unspecified atom stereocenters. The molecule has 0 radical (unpaired) electrons. The topological polar surface area (TPSA) is 61.8 Å². The lowest BCUT2D eigenvalue weighted by Gasteiger charge is -2.33. The fraction of sp³-hybridized carbons (Fsp3) is 0.600. The van der Waals surface area contributed by atoms with Gasteiger partial charge in [-0.25, -0.2) is 9.59 Å². The second kappa shape index (κ2) is 2.53. The van der Waals surface area contributed by atoms with Crippen molar-refractivity contribution in [3.8, 4) is 0 Å². The van der Waals surface area contributed by atoms with Crippen molar-refractivity contribution >= 4 is 12.3 Å². The molecule has 2 fully saturated rings. The summed E-state index contributed by atoms with van der Waals surface area (Å²) in [4.78, 5) is 22.2. The zero-order valence-corrected chi connectivity index (χ0v) is 8.14. The van der Waals surface area contributed by atoms with Gasteiger partial charge in [-0.1, -0.05) is 12.2 Å². The third-order valence-electron chi connectivity index (χ3n) is 3.50. The van der Waals surface area contributed by atoms with E-state index in [9.17, 15) is 9.59 Å². The van der Waals surface area contributed by atoms with Crippen LogP contribution in [0.15, 0.2) is 12.2 Å². The fourth-order valence-corrected chi connectivity index (χ4v) is 2.75. The molecule has 80 valence electrons. The van der Waals surface area contributed by atoms with Crippen molar-refractivity contribution < 1.29 is 23.8 Å². The van der Waals surface area contributed by atoms with Gasteiger partial charge in [0.25, 0.3) is 0 Å². The number of hydrogen-bond acceptors (Lipinski definition) is 5.